The molecule has 0 aliphatic heterocycles. The zero-order valence-electron chi connectivity index (χ0n) is 20.1. The number of benzene rings is 4. The maximum atomic E-state index is 13.7. The largest absolute Gasteiger partial charge is 0.493 e. The smallest absolute Gasteiger partial charge is 0.293 e. The summed E-state index contributed by atoms with van der Waals surface area (Å²) < 4.78 is 11.7. The van der Waals surface area contributed by atoms with E-state index in [1.54, 1.807) is 12.1 Å². The number of carbonyl (C=O) groups excluding carboxylic acids is 2. The molecule has 0 saturated carbocycles. The number of aryl methyl sites for hydroxylation is 1. The molecule has 2 N–H and O–H groups in total. The predicted octanol–water partition coefficient (Wildman–Crippen LogP) is 7.05. The second-order valence-corrected chi connectivity index (χ2v) is 8.35. The molecule has 0 aliphatic carbocycles. The standard InChI is InChI=1S/C30H26N2O4/c1-3-19-13-16-21(17-14-19)31-30(34)28-27(23-11-7-8-12-24(23)36-28)32-29(33)26-22-10-6-5-9-20(22)15-18-25(26)35-4-2/h5-18H,3-4H2,1-2H3,(H,31,34)(H,32,33). The Labute approximate surface area is 208 Å². The number of carbonyl (C=O) groups is 2. The highest BCUT2D eigenvalue weighted by Crippen LogP contribution is 2.34. The molecule has 4 aromatic carbocycles. The predicted molar refractivity (Wildman–Crippen MR) is 143 cm³/mol. The van der Waals surface area contributed by atoms with Gasteiger partial charge in [-0.05, 0) is 60.0 Å². The number of nitrogens with one attached hydrogen (secondary N) is 2. The molecule has 0 unspecified atom stereocenters. The van der Waals surface area contributed by atoms with Gasteiger partial charge < -0.3 is 19.8 Å². The van der Waals surface area contributed by atoms with Crippen molar-refractivity contribution in [1.82, 2.24) is 0 Å². The summed E-state index contributed by atoms with van der Waals surface area (Å²) in [4.78, 5) is 27.0. The molecule has 0 saturated heterocycles. The van der Waals surface area contributed by atoms with E-state index in [1.807, 2.05) is 79.7 Å². The fourth-order valence-corrected chi connectivity index (χ4v) is 4.28. The first-order chi connectivity index (χ1) is 17.6. The Morgan fingerprint density at radius 1 is 0.778 bits per heavy atom. The van der Waals surface area contributed by atoms with Crippen LogP contribution in [0.5, 0.6) is 5.75 Å². The lowest BCUT2D eigenvalue weighted by Crippen LogP contribution is -2.18. The Kier molecular flexibility index (Phi) is 6.41. The van der Waals surface area contributed by atoms with Crippen LogP contribution >= 0.6 is 0 Å². The summed E-state index contributed by atoms with van der Waals surface area (Å²) in [7, 11) is 0. The molecule has 2 amide bonds. The topological polar surface area (TPSA) is 80.6 Å². The van der Waals surface area contributed by atoms with Crippen LogP contribution in [0.3, 0.4) is 0 Å². The number of hydrogen-bond acceptors (Lipinski definition) is 4. The minimum absolute atomic E-state index is 0.0299. The summed E-state index contributed by atoms with van der Waals surface area (Å²) in [5, 5.41) is 8.14. The van der Waals surface area contributed by atoms with Crippen LogP contribution in [0.15, 0.2) is 89.3 Å². The molecule has 0 radical (unpaired) electrons. The quantitative estimate of drug-likeness (QED) is 0.263. The Morgan fingerprint density at radius 2 is 1.50 bits per heavy atom. The number of anilines is 2. The summed E-state index contributed by atoms with van der Waals surface area (Å²) in [6, 6.07) is 26.2. The van der Waals surface area contributed by atoms with Crippen LogP contribution in [0.1, 0.15) is 40.3 Å². The first kappa shape index (κ1) is 23.2. The first-order valence-corrected chi connectivity index (χ1v) is 12.0. The molecular formula is C30H26N2O4. The van der Waals surface area contributed by atoms with Crippen molar-refractivity contribution in [2.45, 2.75) is 20.3 Å². The van der Waals surface area contributed by atoms with Gasteiger partial charge in [-0.2, -0.15) is 0 Å². The molecule has 1 heterocycles. The Hall–Kier alpha value is -4.58. The molecule has 5 aromatic rings. The van der Waals surface area contributed by atoms with E-state index in [0.717, 1.165) is 17.2 Å². The van der Waals surface area contributed by atoms with Crippen LogP contribution in [-0.2, 0) is 6.42 Å². The number of fused-ring (bicyclic) bond motifs is 2. The number of furan rings is 1. The summed E-state index contributed by atoms with van der Waals surface area (Å²) in [5.74, 6) is -0.331. The first-order valence-electron chi connectivity index (χ1n) is 12.0. The molecule has 0 fully saturated rings. The van der Waals surface area contributed by atoms with Crippen LogP contribution in [-0.4, -0.2) is 18.4 Å². The Bertz CT molecular complexity index is 1570. The SMILES string of the molecule is CCOc1ccc2ccccc2c1C(=O)Nc1c(C(=O)Nc2ccc(CC)cc2)oc2ccccc12. The summed E-state index contributed by atoms with van der Waals surface area (Å²) >= 11 is 0. The number of rotatable bonds is 7. The van der Waals surface area contributed by atoms with Crippen LogP contribution in [0.2, 0.25) is 0 Å². The van der Waals surface area contributed by atoms with Crippen molar-refractivity contribution in [3.05, 3.63) is 102 Å². The van der Waals surface area contributed by atoms with Crippen molar-refractivity contribution < 1.29 is 18.7 Å². The lowest BCUT2D eigenvalue weighted by atomic mass is 10.0. The van der Waals surface area contributed by atoms with Gasteiger partial charge in [0.05, 0.1) is 12.2 Å². The van der Waals surface area contributed by atoms with E-state index in [4.69, 9.17) is 9.15 Å². The maximum Gasteiger partial charge on any atom is 0.293 e. The third-order valence-electron chi connectivity index (χ3n) is 6.08. The second-order valence-electron chi connectivity index (χ2n) is 8.35. The van der Waals surface area contributed by atoms with Crippen molar-refractivity contribution in [2.75, 3.05) is 17.2 Å². The molecular weight excluding hydrogens is 452 g/mol. The molecule has 0 bridgehead atoms. The van der Waals surface area contributed by atoms with E-state index in [2.05, 4.69) is 17.6 Å². The molecule has 6 nitrogen and oxygen atoms in total. The van der Waals surface area contributed by atoms with Gasteiger partial charge in [-0.3, -0.25) is 9.59 Å². The van der Waals surface area contributed by atoms with Crippen LogP contribution < -0.4 is 15.4 Å². The van der Waals surface area contributed by atoms with Crippen molar-refractivity contribution in [1.29, 1.82) is 0 Å². The zero-order valence-corrected chi connectivity index (χ0v) is 20.1. The van der Waals surface area contributed by atoms with E-state index < -0.39 is 5.91 Å². The molecule has 1 aromatic heterocycles. The van der Waals surface area contributed by atoms with Gasteiger partial charge in [0.25, 0.3) is 11.8 Å². The van der Waals surface area contributed by atoms with E-state index in [-0.39, 0.29) is 11.7 Å². The lowest BCUT2D eigenvalue weighted by Gasteiger charge is -2.14. The van der Waals surface area contributed by atoms with Gasteiger partial charge in [-0.1, -0.05) is 61.5 Å². The van der Waals surface area contributed by atoms with Crippen molar-refractivity contribution in [3.63, 3.8) is 0 Å². The normalized spacial score (nSPS) is 10.9. The Balaban J connectivity index is 1.55. The van der Waals surface area contributed by atoms with Crippen molar-refractivity contribution in [3.8, 4) is 5.75 Å². The summed E-state index contributed by atoms with van der Waals surface area (Å²) in [6.07, 6.45) is 0.909. The zero-order chi connectivity index (χ0) is 25.1. The van der Waals surface area contributed by atoms with Gasteiger partial charge in [-0.25, -0.2) is 0 Å². The van der Waals surface area contributed by atoms with E-state index in [1.165, 1.54) is 5.56 Å². The molecule has 0 aliphatic rings. The lowest BCUT2D eigenvalue weighted by molar-refractivity contribution is 0.0999. The number of hydrogen-bond donors (Lipinski definition) is 2. The number of amides is 2. The molecule has 180 valence electrons. The van der Waals surface area contributed by atoms with Gasteiger partial charge in [0.15, 0.2) is 0 Å². The fraction of sp³-hybridized carbons (Fsp3) is 0.133. The third-order valence-corrected chi connectivity index (χ3v) is 6.08. The minimum atomic E-state index is -0.450. The van der Waals surface area contributed by atoms with Gasteiger partial charge >= 0.3 is 0 Å². The van der Waals surface area contributed by atoms with Crippen LogP contribution in [0.25, 0.3) is 21.7 Å². The van der Waals surface area contributed by atoms with E-state index in [0.29, 0.717) is 40.3 Å². The molecule has 5 rings (SSSR count). The molecule has 0 atom stereocenters. The number of ether oxygens (including phenoxy) is 1. The third kappa shape index (κ3) is 4.41. The van der Waals surface area contributed by atoms with Gasteiger partial charge in [0, 0.05) is 11.1 Å². The fourth-order valence-electron chi connectivity index (χ4n) is 4.28. The average Bonchev–Trinajstić information content (AvgIpc) is 3.27. The average molecular weight is 479 g/mol. The van der Waals surface area contributed by atoms with Crippen LogP contribution in [0, 0.1) is 0 Å². The summed E-state index contributed by atoms with van der Waals surface area (Å²) in [5.41, 5.74) is 3.03. The minimum Gasteiger partial charge on any atom is -0.493 e. The van der Waals surface area contributed by atoms with E-state index >= 15 is 0 Å². The summed E-state index contributed by atoms with van der Waals surface area (Å²) in [6.45, 7) is 4.36. The van der Waals surface area contributed by atoms with Crippen molar-refractivity contribution >= 4 is 44.9 Å². The highest BCUT2D eigenvalue weighted by molar-refractivity contribution is 6.20. The monoisotopic (exact) mass is 478 g/mol. The van der Waals surface area contributed by atoms with E-state index in [9.17, 15) is 9.59 Å². The highest BCUT2D eigenvalue weighted by Gasteiger charge is 2.25. The molecule has 36 heavy (non-hydrogen) atoms. The van der Waals surface area contributed by atoms with Gasteiger partial charge in [0.1, 0.15) is 17.0 Å². The van der Waals surface area contributed by atoms with Gasteiger partial charge in [-0.15, -0.1) is 0 Å². The molecule has 6 heteroatoms. The Morgan fingerprint density at radius 3 is 2.25 bits per heavy atom. The van der Waals surface area contributed by atoms with Gasteiger partial charge in [0.2, 0.25) is 5.76 Å². The molecule has 0 spiro atoms. The highest BCUT2D eigenvalue weighted by atomic mass is 16.5. The van der Waals surface area contributed by atoms with Crippen LogP contribution in [0.4, 0.5) is 11.4 Å². The number of para-hydroxylation sites is 1. The second kappa shape index (κ2) is 9.96. The van der Waals surface area contributed by atoms with Crippen molar-refractivity contribution in [2.24, 2.45) is 0 Å². The maximum absolute atomic E-state index is 13.7.